The van der Waals surface area contributed by atoms with Crippen molar-refractivity contribution in [3.05, 3.63) is 46.9 Å². The predicted molar refractivity (Wildman–Crippen MR) is 84.8 cm³/mol. The van der Waals surface area contributed by atoms with Crippen molar-refractivity contribution in [1.29, 1.82) is 0 Å². The molecule has 2 N–H and O–H groups in total. The van der Waals surface area contributed by atoms with Gasteiger partial charge in [0.15, 0.2) is 0 Å². The summed E-state index contributed by atoms with van der Waals surface area (Å²) in [4.78, 5) is 20.6. The van der Waals surface area contributed by atoms with Crippen LogP contribution in [0, 0.1) is 20.8 Å². The van der Waals surface area contributed by atoms with E-state index in [-0.39, 0.29) is 5.91 Å². The molecule has 0 atom stereocenters. The summed E-state index contributed by atoms with van der Waals surface area (Å²) in [5, 5.41) is 5.97. The molecule has 1 aromatic carbocycles. The van der Waals surface area contributed by atoms with Crippen LogP contribution in [0.2, 0.25) is 0 Å². The number of rotatable bonds is 4. The first-order valence-electron chi connectivity index (χ1n) is 6.96. The number of aryl methyl sites for hydroxylation is 3. The van der Waals surface area contributed by atoms with Crippen LogP contribution in [0.1, 0.15) is 34.1 Å². The van der Waals surface area contributed by atoms with E-state index >= 15 is 0 Å². The van der Waals surface area contributed by atoms with E-state index in [1.54, 1.807) is 6.20 Å². The van der Waals surface area contributed by atoms with Crippen LogP contribution >= 0.6 is 0 Å². The summed E-state index contributed by atoms with van der Waals surface area (Å²) in [6.07, 6.45) is 3.07. The van der Waals surface area contributed by atoms with Crippen molar-refractivity contribution in [3.8, 4) is 0 Å². The second kappa shape index (κ2) is 6.35. The maximum absolute atomic E-state index is 12.3. The maximum atomic E-state index is 12.3. The Labute approximate surface area is 124 Å². The molecule has 0 radical (unpaired) electrons. The van der Waals surface area contributed by atoms with Gasteiger partial charge >= 0.3 is 0 Å². The lowest BCUT2D eigenvalue weighted by atomic mass is 10.1. The van der Waals surface area contributed by atoms with Gasteiger partial charge in [-0.25, -0.2) is 4.98 Å². The average molecular weight is 284 g/mol. The Kier molecular flexibility index (Phi) is 4.52. The minimum absolute atomic E-state index is 0.252. The average Bonchev–Trinajstić information content (AvgIpc) is 2.43. The SMILES string of the molecule is CCNc1cncc(C(=O)Nc2c(C)cc(C)cc2C)n1. The van der Waals surface area contributed by atoms with Gasteiger partial charge in [-0.15, -0.1) is 0 Å². The molecule has 1 amide bonds. The number of benzene rings is 1. The predicted octanol–water partition coefficient (Wildman–Crippen LogP) is 3.09. The van der Waals surface area contributed by atoms with E-state index in [1.807, 2.05) is 39.8 Å². The molecule has 2 rings (SSSR count). The van der Waals surface area contributed by atoms with E-state index in [2.05, 4.69) is 20.6 Å². The summed E-state index contributed by atoms with van der Waals surface area (Å²) in [5.74, 6) is 0.347. The van der Waals surface area contributed by atoms with Gasteiger partial charge in [-0.1, -0.05) is 17.7 Å². The molecular formula is C16H20N4O. The number of amides is 1. The van der Waals surface area contributed by atoms with Crippen molar-refractivity contribution in [2.75, 3.05) is 17.2 Å². The summed E-state index contributed by atoms with van der Waals surface area (Å²) in [7, 11) is 0. The summed E-state index contributed by atoms with van der Waals surface area (Å²) in [6.45, 7) is 8.70. The second-order valence-electron chi connectivity index (χ2n) is 5.05. The molecule has 5 heteroatoms. The largest absolute Gasteiger partial charge is 0.369 e. The standard InChI is InChI=1S/C16H20N4O/c1-5-18-14-9-17-8-13(19-14)16(21)20-15-11(3)6-10(2)7-12(15)4/h6-9H,5H2,1-4H3,(H,18,19)(H,20,21). The fraction of sp³-hybridized carbons (Fsp3) is 0.312. The molecule has 0 saturated heterocycles. The molecule has 0 aliphatic rings. The molecule has 0 bridgehead atoms. The first-order valence-corrected chi connectivity index (χ1v) is 6.96. The van der Waals surface area contributed by atoms with E-state index in [0.717, 1.165) is 23.4 Å². The highest BCUT2D eigenvalue weighted by Gasteiger charge is 2.12. The topological polar surface area (TPSA) is 66.9 Å². The first kappa shape index (κ1) is 15.0. The molecule has 0 fully saturated rings. The molecule has 0 aliphatic heterocycles. The summed E-state index contributed by atoms with van der Waals surface area (Å²) in [6, 6.07) is 4.09. The molecule has 0 spiro atoms. The number of aromatic nitrogens is 2. The zero-order valence-corrected chi connectivity index (χ0v) is 12.8. The van der Waals surface area contributed by atoms with Gasteiger partial charge in [-0.05, 0) is 38.8 Å². The molecule has 0 saturated carbocycles. The second-order valence-corrected chi connectivity index (χ2v) is 5.05. The number of hydrogen-bond acceptors (Lipinski definition) is 4. The highest BCUT2D eigenvalue weighted by molar-refractivity contribution is 6.03. The van der Waals surface area contributed by atoms with E-state index in [0.29, 0.717) is 11.5 Å². The van der Waals surface area contributed by atoms with Crippen LogP contribution in [-0.2, 0) is 0 Å². The lowest BCUT2D eigenvalue weighted by Crippen LogP contribution is -2.16. The fourth-order valence-electron chi connectivity index (χ4n) is 2.30. The number of carbonyl (C=O) groups excluding carboxylic acids is 1. The Morgan fingerprint density at radius 3 is 2.43 bits per heavy atom. The van der Waals surface area contributed by atoms with E-state index < -0.39 is 0 Å². The minimum Gasteiger partial charge on any atom is -0.369 e. The maximum Gasteiger partial charge on any atom is 0.275 e. The molecular weight excluding hydrogens is 264 g/mol. The molecule has 2 aromatic rings. The Bertz CT molecular complexity index is 644. The van der Waals surface area contributed by atoms with Gasteiger partial charge in [0.25, 0.3) is 5.91 Å². The van der Waals surface area contributed by atoms with Gasteiger partial charge in [0.05, 0.1) is 12.4 Å². The van der Waals surface area contributed by atoms with Crippen LogP contribution in [-0.4, -0.2) is 22.4 Å². The third-order valence-electron chi connectivity index (χ3n) is 3.14. The van der Waals surface area contributed by atoms with Crippen LogP contribution in [0.4, 0.5) is 11.5 Å². The summed E-state index contributed by atoms with van der Waals surface area (Å²) >= 11 is 0. The zero-order chi connectivity index (χ0) is 15.4. The lowest BCUT2D eigenvalue weighted by Gasteiger charge is -2.12. The molecule has 110 valence electrons. The first-order chi connectivity index (χ1) is 10.0. The third kappa shape index (κ3) is 3.56. The van der Waals surface area contributed by atoms with E-state index in [1.165, 1.54) is 11.8 Å². The number of carbonyl (C=O) groups is 1. The Hall–Kier alpha value is -2.43. The summed E-state index contributed by atoms with van der Waals surface area (Å²) < 4.78 is 0. The highest BCUT2D eigenvalue weighted by atomic mass is 16.1. The normalized spacial score (nSPS) is 10.3. The molecule has 0 unspecified atom stereocenters. The molecule has 1 heterocycles. The molecule has 0 aliphatic carbocycles. The van der Waals surface area contributed by atoms with Crippen molar-refractivity contribution in [2.45, 2.75) is 27.7 Å². The van der Waals surface area contributed by atoms with Crippen molar-refractivity contribution in [1.82, 2.24) is 9.97 Å². The van der Waals surface area contributed by atoms with Gasteiger partial charge in [-0.2, -0.15) is 0 Å². The van der Waals surface area contributed by atoms with Crippen LogP contribution in [0.25, 0.3) is 0 Å². The number of nitrogens with zero attached hydrogens (tertiary/aromatic N) is 2. The van der Waals surface area contributed by atoms with Crippen molar-refractivity contribution < 1.29 is 4.79 Å². The van der Waals surface area contributed by atoms with E-state index in [9.17, 15) is 4.79 Å². The number of nitrogens with one attached hydrogen (secondary N) is 2. The minimum atomic E-state index is -0.252. The number of anilines is 2. The van der Waals surface area contributed by atoms with Crippen molar-refractivity contribution >= 4 is 17.4 Å². The van der Waals surface area contributed by atoms with Crippen LogP contribution in [0.15, 0.2) is 24.5 Å². The Balaban J connectivity index is 2.24. The lowest BCUT2D eigenvalue weighted by molar-refractivity contribution is 0.102. The molecule has 5 nitrogen and oxygen atoms in total. The van der Waals surface area contributed by atoms with Gasteiger partial charge in [0.1, 0.15) is 11.5 Å². The Morgan fingerprint density at radius 2 is 1.81 bits per heavy atom. The molecule has 1 aromatic heterocycles. The summed E-state index contributed by atoms with van der Waals surface area (Å²) in [5.41, 5.74) is 4.39. The van der Waals surface area contributed by atoms with Gasteiger partial charge < -0.3 is 10.6 Å². The van der Waals surface area contributed by atoms with Gasteiger partial charge in [0.2, 0.25) is 0 Å². The third-order valence-corrected chi connectivity index (χ3v) is 3.14. The van der Waals surface area contributed by atoms with Crippen LogP contribution in [0.3, 0.4) is 0 Å². The Morgan fingerprint density at radius 1 is 1.14 bits per heavy atom. The van der Waals surface area contributed by atoms with Crippen molar-refractivity contribution in [2.24, 2.45) is 0 Å². The smallest absolute Gasteiger partial charge is 0.275 e. The van der Waals surface area contributed by atoms with Crippen LogP contribution < -0.4 is 10.6 Å². The quantitative estimate of drug-likeness (QED) is 0.905. The number of hydrogen-bond donors (Lipinski definition) is 2. The molecule has 21 heavy (non-hydrogen) atoms. The van der Waals surface area contributed by atoms with E-state index in [4.69, 9.17) is 0 Å². The fourth-order valence-corrected chi connectivity index (χ4v) is 2.30. The highest BCUT2D eigenvalue weighted by Crippen LogP contribution is 2.22. The van der Waals surface area contributed by atoms with Crippen molar-refractivity contribution in [3.63, 3.8) is 0 Å². The van der Waals surface area contributed by atoms with Gasteiger partial charge in [0, 0.05) is 12.2 Å². The zero-order valence-electron chi connectivity index (χ0n) is 12.8. The van der Waals surface area contributed by atoms with Gasteiger partial charge in [-0.3, -0.25) is 9.78 Å². The monoisotopic (exact) mass is 284 g/mol. The van der Waals surface area contributed by atoms with Crippen LogP contribution in [0.5, 0.6) is 0 Å².